The first-order chi connectivity index (χ1) is 7.66. The fourth-order valence-electron chi connectivity index (χ4n) is 2.03. The van der Waals surface area contributed by atoms with Gasteiger partial charge in [-0.15, -0.1) is 0 Å². The lowest BCUT2D eigenvalue weighted by molar-refractivity contribution is 0.636. The Morgan fingerprint density at radius 2 is 2.12 bits per heavy atom. The topological polar surface area (TPSA) is 12.9 Å². The Hall–Kier alpha value is -1.15. The van der Waals surface area contributed by atoms with Crippen LogP contribution < -0.4 is 0 Å². The number of hydrogen-bond donors (Lipinski definition) is 0. The summed E-state index contributed by atoms with van der Waals surface area (Å²) in [5.41, 5.74) is 2.31. The summed E-state index contributed by atoms with van der Waals surface area (Å²) in [6.07, 6.45) is 2.28. The number of hydrogen-bond acceptors (Lipinski definition) is 1. The fraction of sp³-hybridized carbons (Fsp3) is 0.308. The van der Waals surface area contributed by atoms with Crippen LogP contribution in [-0.4, -0.2) is 4.98 Å². The molecule has 1 aliphatic carbocycles. The summed E-state index contributed by atoms with van der Waals surface area (Å²) >= 11 is 6.20. The average molecular weight is 236 g/mol. The average Bonchev–Trinajstić information content (AvgIpc) is 3.06. The summed E-state index contributed by atoms with van der Waals surface area (Å²) in [7, 11) is 0. The second kappa shape index (κ2) is 3.42. The van der Waals surface area contributed by atoms with Gasteiger partial charge in [-0.25, -0.2) is 9.37 Å². The van der Waals surface area contributed by atoms with Gasteiger partial charge in [0, 0.05) is 17.0 Å². The monoisotopic (exact) mass is 235 g/mol. The molecular formula is C13H11ClFN. The zero-order chi connectivity index (χ0) is 11.3. The highest BCUT2D eigenvalue weighted by atomic mass is 35.5. The number of pyridine rings is 1. The normalized spacial score (nSPS) is 15.7. The van der Waals surface area contributed by atoms with Gasteiger partial charge >= 0.3 is 0 Å². The first-order valence-electron chi connectivity index (χ1n) is 5.42. The Kier molecular flexibility index (Phi) is 2.15. The van der Waals surface area contributed by atoms with Crippen LogP contribution in [0, 0.1) is 12.7 Å². The molecule has 1 aromatic heterocycles. The molecule has 0 N–H and O–H groups in total. The molecule has 0 saturated heterocycles. The second-order valence-electron chi connectivity index (χ2n) is 4.39. The van der Waals surface area contributed by atoms with Crippen molar-refractivity contribution < 1.29 is 4.39 Å². The van der Waals surface area contributed by atoms with Crippen molar-refractivity contribution in [2.24, 2.45) is 0 Å². The van der Waals surface area contributed by atoms with E-state index in [1.807, 2.05) is 13.0 Å². The van der Waals surface area contributed by atoms with Crippen LogP contribution in [0.5, 0.6) is 0 Å². The number of aryl methyl sites for hydroxylation is 1. The molecule has 1 aliphatic rings. The van der Waals surface area contributed by atoms with Gasteiger partial charge in [-0.05, 0) is 37.5 Å². The lowest BCUT2D eigenvalue weighted by Crippen LogP contribution is -1.93. The third-order valence-electron chi connectivity index (χ3n) is 3.09. The molecular weight excluding hydrogens is 225 g/mol. The van der Waals surface area contributed by atoms with E-state index in [1.54, 1.807) is 6.07 Å². The van der Waals surface area contributed by atoms with Gasteiger partial charge in [-0.3, -0.25) is 0 Å². The van der Waals surface area contributed by atoms with Crippen molar-refractivity contribution in [3.05, 3.63) is 40.3 Å². The highest BCUT2D eigenvalue weighted by Gasteiger charge is 2.26. The number of nitrogens with zero attached hydrogens (tertiary/aromatic N) is 1. The third-order valence-corrected chi connectivity index (χ3v) is 3.39. The van der Waals surface area contributed by atoms with E-state index in [2.05, 4.69) is 4.98 Å². The van der Waals surface area contributed by atoms with Crippen molar-refractivity contribution in [3.8, 4) is 0 Å². The van der Waals surface area contributed by atoms with Crippen LogP contribution in [0.3, 0.4) is 0 Å². The van der Waals surface area contributed by atoms with Crippen molar-refractivity contribution in [1.82, 2.24) is 4.98 Å². The van der Waals surface area contributed by atoms with Gasteiger partial charge in [-0.2, -0.15) is 0 Å². The van der Waals surface area contributed by atoms with Gasteiger partial charge in [0.2, 0.25) is 0 Å². The predicted octanol–water partition coefficient (Wildman–Crippen LogP) is 4.21. The van der Waals surface area contributed by atoms with E-state index in [4.69, 9.17) is 11.6 Å². The molecule has 0 atom stereocenters. The molecule has 1 nitrogen and oxygen atoms in total. The van der Waals surface area contributed by atoms with Crippen molar-refractivity contribution in [2.45, 2.75) is 25.7 Å². The van der Waals surface area contributed by atoms with E-state index in [9.17, 15) is 4.39 Å². The molecule has 1 fully saturated rings. The van der Waals surface area contributed by atoms with Crippen LogP contribution in [0.1, 0.15) is 30.0 Å². The molecule has 0 bridgehead atoms. The van der Waals surface area contributed by atoms with Gasteiger partial charge < -0.3 is 0 Å². The minimum absolute atomic E-state index is 0.287. The maximum absolute atomic E-state index is 13.7. The molecule has 1 aromatic carbocycles. The standard InChI is InChI=1S/C13H11ClFN/c1-7-2-5-10(15)13-12(7)9(14)6-11(16-13)8-3-4-8/h2,5-6,8H,3-4H2,1H3. The van der Waals surface area contributed by atoms with Crippen LogP contribution in [0.2, 0.25) is 5.02 Å². The van der Waals surface area contributed by atoms with Gasteiger partial charge in [-0.1, -0.05) is 17.7 Å². The molecule has 16 heavy (non-hydrogen) atoms. The lowest BCUT2D eigenvalue weighted by Gasteiger charge is -2.07. The van der Waals surface area contributed by atoms with Crippen LogP contribution in [0.25, 0.3) is 10.9 Å². The number of fused-ring (bicyclic) bond motifs is 1. The van der Waals surface area contributed by atoms with Gasteiger partial charge in [0.15, 0.2) is 0 Å². The Balaban J connectivity index is 2.36. The van der Waals surface area contributed by atoms with Crippen LogP contribution in [0.4, 0.5) is 4.39 Å². The summed E-state index contributed by atoms with van der Waals surface area (Å²) in [5.74, 6) is 0.201. The number of aromatic nitrogens is 1. The molecule has 2 aromatic rings. The Bertz CT molecular complexity index is 576. The van der Waals surface area contributed by atoms with E-state index in [1.165, 1.54) is 6.07 Å². The van der Waals surface area contributed by atoms with Gasteiger partial charge in [0.25, 0.3) is 0 Å². The number of benzene rings is 1. The lowest BCUT2D eigenvalue weighted by atomic mass is 10.1. The minimum atomic E-state index is -0.287. The van der Waals surface area contributed by atoms with E-state index < -0.39 is 0 Å². The van der Waals surface area contributed by atoms with Crippen LogP contribution in [-0.2, 0) is 0 Å². The SMILES string of the molecule is Cc1ccc(F)c2nc(C3CC3)cc(Cl)c12. The smallest absolute Gasteiger partial charge is 0.149 e. The third kappa shape index (κ3) is 1.49. The second-order valence-corrected chi connectivity index (χ2v) is 4.80. The summed E-state index contributed by atoms with van der Waals surface area (Å²) in [5, 5.41) is 1.36. The maximum Gasteiger partial charge on any atom is 0.149 e. The molecule has 1 saturated carbocycles. The Labute approximate surface area is 98.3 Å². The maximum atomic E-state index is 13.7. The zero-order valence-electron chi connectivity index (χ0n) is 8.93. The molecule has 0 aliphatic heterocycles. The first kappa shape index (κ1) is 10.0. The van der Waals surface area contributed by atoms with Gasteiger partial charge in [0.1, 0.15) is 11.3 Å². The highest BCUT2D eigenvalue weighted by Crippen LogP contribution is 2.41. The summed E-state index contributed by atoms with van der Waals surface area (Å²) in [6.45, 7) is 1.92. The summed E-state index contributed by atoms with van der Waals surface area (Å²) in [6, 6.07) is 5.08. The first-order valence-corrected chi connectivity index (χ1v) is 5.80. The van der Waals surface area contributed by atoms with Crippen molar-refractivity contribution in [2.75, 3.05) is 0 Å². The fourth-order valence-corrected chi connectivity index (χ4v) is 2.38. The number of halogens is 2. The minimum Gasteiger partial charge on any atom is -0.249 e. The van der Waals surface area contributed by atoms with Crippen molar-refractivity contribution in [1.29, 1.82) is 0 Å². The largest absolute Gasteiger partial charge is 0.249 e. The van der Waals surface area contributed by atoms with E-state index in [-0.39, 0.29) is 5.82 Å². The molecule has 0 spiro atoms. The summed E-state index contributed by atoms with van der Waals surface area (Å²) < 4.78 is 13.7. The van der Waals surface area contributed by atoms with E-state index in [0.717, 1.165) is 29.5 Å². The van der Waals surface area contributed by atoms with Crippen molar-refractivity contribution in [3.63, 3.8) is 0 Å². The molecule has 3 heteroatoms. The Morgan fingerprint density at radius 1 is 1.38 bits per heavy atom. The van der Waals surface area contributed by atoms with Crippen LogP contribution in [0.15, 0.2) is 18.2 Å². The molecule has 3 rings (SSSR count). The highest BCUT2D eigenvalue weighted by molar-refractivity contribution is 6.35. The molecule has 82 valence electrons. The quantitative estimate of drug-likeness (QED) is 0.722. The van der Waals surface area contributed by atoms with Crippen LogP contribution >= 0.6 is 11.6 Å². The zero-order valence-corrected chi connectivity index (χ0v) is 9.68. The molecule has 0 unspecified atom stereocenters. The van der Waals surface area contributed by atoms with Crippen molar-refractivity contribution >= 4 is 22.5 Å². The molecule has 1 heterocycles. The number of rotatable bonds is 1. The van der Waals surface area contributed by atoms with Gasteiger partial charge in [0.05, 0.1) is 5.02 Å². The Morgan fingerprint density at radius 3 is 2.81 bits per heavy atom. The van der Waals surface area contributed by atoms with E-state index >= 15 is 0 Å². The molecule has 0 radical (unpaired) electrons. The molecule has 0 amide bonds. The van der Waals surface area contributed by atoms with E-state index in [0.29, 0.717) is 16.5 Å². The predicted molar refractivity (Wildman–Crippen MR) is 63.4 cm³/mol. The summed E-state index contributed by atoms with van der Waals surface area (Å²) in [4.78, 5) is 4.40.